The SMILES string of the molecule is Cc1nc(CS(=O)(=O)N[C@@H]2C[C@@H]2C(F)(F)F)cs1. The molecule has 0 amide bonds. The van der Waals surface area contributed by atoms with Gasteiger partial charge < -0.3 is 0 Å². The van der Waals surface area contributed by atoms with Gasteiger partial charge in [-0.05, 0) is 13.3 Å². The van der Waals surface area contributed by atoms with E-state index in [0.29, 0.717) is 5.69 Å². The number of nitrogens with zero attached hydrogens (tertiary/aromatic N) is 1. The molecule has 9 heteroatoms. The molecule has 2 rings (SSSR count). The first kappa shape index (κ1) is 13.8. The lowest BCUT2D eigenvalue weighted by Crippen LogP contribution is -2.31. The first-order valence-electron chi connectivity index (χ1n) is 5.15. The molecule has 0 saturated heterocycles. The van der Waals surface area contributed by atoms with Crippen LogP contribution in [-0.2, 0) is 15.8 Å². The van der Waals surface area contributed by atoms with Crippen LogP contribution in [0.1, 0.15) is 17.1 Å². The van der Waals surface area contributed by atoms with Gasteiger partial charge in [-0.15, -0.1) is 11.3 Å². The molecule has 1 aromatic heterocycles. The summed E-state index contributed by atoms with van der Waals surface area (Å²) in [5.41, 5.74) is 0.356. The number of halogens is 3. The first-order chi connectivity index (χ1) is 8.17. The normalized spacial score (nSPS) is 24.2. The van der Waals surface area contributed by atoms with Gasteiger partial charge in [-0.2, -0.15) is 13.2 Å². The van der Waals surface area contributed by atoms with Crippen molar-refractivity contribution in [2.75, 3.05) is 0 Å². The Hall–Kier alpha value is -0.670. The lowest BCUT2D eigenvalue weighted by atomic mass is 10.4. The summed E-state index contributed by atoms with van der Waals surface area (Å²) in [6.07, 6.45) is -4.51. The van der Waals surface area contributed by atoms with Gasteiger partial charge in [0.05, 0.1) is 16.6 Å². The maximum absolute atomic E-state index is 12.3. The lowest BCUT2D eigenvalue weighted by Gasteiger charge is -2.07. The molecule has 1 aliphatic rings. The van der Waals surface area contributed by atoms with Crippen molar-refractivity contribution in [2.24, 2.45) is 5.92 Å². The zero-order valence-corrected chi connectivity index (χ0v) is 11.0. The van der Waals surface area contributed by atoms with Crippen LogP contribution >= 0.6 is 11.3 Å². The fourth-order valence-corrected chi connectivity index (χ4v) is 3.69. The molecule has 18 heavy (non-hydrogen) atoms. The van der Waals surface area contributed by atoms with Crippen molar-refractivity contribution in [3.05, 3.63) is 16.1 Å². The molecule has 1 N–H and O–H groups in total. The second kappa shape index (κ2) is 4.46. The summed E-state index contributed by atoms with van der Waals surface area (Å²) < 4.78 is 62.1. The van der Waals surface area contributed by atoms with Gasteiger partial charge in [0.2, 0.25) is 10.0 Å². The Balaban J connectivity index is 1.94. The second-order valence-electron chi connectivity index (χ2n) is 4.23. The van der Waals surface area contributed by atoms with Crippen molar-refractivity contribution in [2.45, 2.75) is 31.3 Å². The van der Waals surface area contributed by atoms with E-state index < -0.39 is 28.2 Å². The Morgan fingerprint density at radius 1 is 1.56 bits per heavy atom. The highest BCUT2D eigenvalue weighted by Crippen LogP contribution is 2.44. The smallest absolute Gasteiger partial charge is 0.245 e. The van der Waals surface area contributed by atoms with E-state index in [9.17, 15) is 21.6 Å². The van der Waals surface area contributed by atoms with E-state index in [1.165, 1.54) is 11.3 Å². The van der Waals surface area contributed by atoms with E-state index in [2.05, 4.69) is 9.71 Å². The predicted molar refractivity (Wildman–Crippen MR) is 60.6 cm³/mol. The van der Waals surface area contributed by atoms with Gasteiger partial charge in [0.15, 0.2) is 0 Å². The van der Waals surface area contributed by atoms with Crippen LogP contribution in [0.15, 0.2) is 5.38 Å². The molecule has 1 saturated carbocycles. The van der Waals surface area contributed by atoms with Gasteiger partial charge in [0.25, 0.3) is 0 Å². The number of nitrogens with one attached hydrogen (secondary N) is 1. The van der Waals surface area contributed by atoms with Crippen LogP contribution in [-0.4, -0.2) is 25.6 Å². The van der Waals surface area contributed by atoms with Crippen molar-refractivity contribution < 1.29 is 21.6 Å². The standard InChI is InChI=1S/C9H11F3N2O2S2/c1-5-13-6(3-17-5)4-18(15,16)14-8-2-7(8)9(10,11)12/h3,7-8,14H,2,4H2,1H3/t7-,8+/m0/s1. The first-order valence-corrected chi connectivity index (χ1v) is 7.68. The minimum Gasteiger partial charge on any atom is -0.245 e. The van der Waals surface area contributed by atoms with Crippen molar-refractivity contribution in [3.63, 3.8) is 0 Å². The van der Waals surface area contributed by atoms with Gasteiger partial charge in [-0.25, -0.2) is 18.1 Å². The fourth-order valence-electron chi connectivity index (χ4n) is 1.63. The molecule has 0 unspecified atom stereocenters. The van der Waals surface area contributed by atoms with Gasteiger partial charge in [0, 0.05) is 11.4 Å². The summed E-state index contributed by atoms with van der Waals surface area (Å²) in [5, 5.41) is 2.31. The molecule has 0 bridgehead atoms. The largest absolute Gasteiger partial charge is 0.393 e. The summed E-state index contributed by atoms with van der Waals surface area (Å²) in [7, 11) is -3.76. The predicted octanol–water partition coefficient (Wildman–Crippen LogP) is 1.82. The Kier molecular flexibility index (Phi) is 3.41. The Bertz CT molecular complexity index is 538. The van der Waals surface area contributed by atoms with Gasteiger partial charge in [-0.1, -0.05) is 0 Å². The van der Waals surface area contributed by atoms with Crippen molar-refractivity contribution in [3.8, 4) is 0 Å². The van der Waals surface area contributed by atoms with Crippen LogP contribution in [0.4, 0.5) is 13.2 Å². The second-order valence-corrected chi connectivity index (χ2v) is 7.04. The maximum Gasteiger partial charge on any atom is 0.393 e. The van der Waals surface area contributed by atoms with Crippen LogP contribution in [0.3, 0.4) is 0 Å². The summed E-state index contributed by atoms with van der Waals surface area (Å²) in [5.74, 6) is -1.93. The number of thiazole rings is 1. The van der Waals surface area contributed by atoms with E-state index in [0.717, 1.165) is 5.01 Å². The quantitative estimate of drug-likeness (QED) is 0.923. The third-order valence-electron chi connectivity index (χ3n) is 2.55. The van der Waals surface area contributed by atoms with Gasteiger partial charge in [0.1, 0.15) is 5.75 Å². The lowest BCUT2D eigenvalue weighted by molar-refractivity contribution is -0.148. The summed E-state index contributed by atoms with van der Waals surface area (Å²) in [6, 6.07) is -1.02. The van der Waals surface area contributed by atoms with E-state index in [-0.39, 0.29) is 12.2 Å². The molecular formula is C9H11F3N2O2S2. The van der Waals surface area contributed by atoms with Crippen molar-refractivity contribution in [1.29, 1.82) is 0 Å². The van der Waals surface area contributed by atoms with Crippen LogP contribution in [0.5, 0.6) is 0 Å². The Labute approximate surface area is 106 Å². The zero-order valence-electron chi connectivity index (χ0n) is 9.36. The highest BCUT2D eigenvalue weighted by Gasteiger charge is 2.56. The Morgan fingerprint density at radius 3 is 2.67 bits per heavy atom. The number of alkyl halides is 3. The number of aryl methyl sites for hydroxylation is 1. The van der Waals surface area contributed by atoms with Crippen LogP contribution in [0, 0.1) is 12.8 Å². The molecular weight excluding hydrogens is 289 g/mol. The number of hydrogen-bond acceptors (Lipinski definition) is 4. The van der Waals surface area contributed by atoms with Gasteiger partial charge >= 0.3 is 6.18 Å². The molecule has 0 radical (unpaired) electrons. The Morgan fingerprint density at radius 2 is 2.22 bits per heavy atom. The summed E-state index contributed by atoms with van der Waals surface area (Å²) >= 11 is 1.30. The zero-order chi connectivity index (χ0) is 13.6. The highest BCUT2D eigenvalue weighted by molar-refractivity contribution is 7.88. The molecule has 1 aliphatic carbocycles. The van der Waals surface area contributed by atoms with Crippen LogP contribution in [0.2, 0.25) is 0 Å². The van der Waals surface area contributed by atoms with Gasteiger partial charge in [-0.3, -0.25) is 0 Å². The average Bonchev–Trinajstić information content (AvgIpc) is 2.81. The molecule has 0 aromatic carbocycles. The van der Waals surface area contributed by atoms with E-state index in [1.807, 2.05) is 0 Å². The third-order valence-corrected chi connectivity index (χ3v) is 4.71. The fraction of sp³-hybridized carbons (Fsp3) is 0.667. The average molecular weight is 300 g/mol. The summed E-state index contributed by atoms with van der Waals surface area (Å²) in [6.45, 7) is 1.73. The maximum atomic E-state index is 12.3. The molecule has 4 nitrogen and oxygen atoms in total. The van der Waals surface area contributed by atoms with Crippen LogP contribution in [0.25, 0.3) is 0 Å². The number of hydrogen-bond donors (Lipinski definition) is 1. The number of sulfonamides is 1. The topological polar surface area (TPSA) is 59.1 Å². The minimum atomic E-state index is -4.33. The molecule has 1 aromatic rings. The van der Waals surface area contributed by atoms with E-state index >= 15 is 0 Å². The number of aromatic nitrogens is 1. The van der Waals surface area contributed by atoms with Crippen molar-refractivity contribution in [1.82, 2.24) is 9.71 Å². The molecule has 1 fully saturated rings. The van der Waals surface area contributed by atoms with E-state index in [4.69, 9.17) is 0 Å². The minimum absolute atomic E-state index is 0.182. The molecule has 0 aliphatic heterocycles. The third kappa shape index (κ3) is 3.42. The molecule has 2 atom stereocenters. The van der Waals surface area contributed by atoms with Crippen molar-refractivity contribution >= 4 is 21.4 Å². The highest BCUT2D eigenvalue weighted by atomic mass is 32.2. The molecule has 1 heterocycles. The van der Waals surface area contributed by atoms with E-state index in [1.54, 1.807) is 12.3 Å². The van der Waals surface area contributed by atoms with Crippen LogP contribution < -0.4 is 4.72 Å². The molecule has 0 spiro atoms. The monoisotopic (exact) mass is 300 g/mol. The summed E-state index contributed by atoms with van der Waals surface area (Å²) in [4.78, 5) is 3.97. The number of rotatable bonds is 4. The molecule has 102 valence electrons.